The van der Waals surface area contributed by atoms with Crippen molar-refractivity contribution < 1.29 is 4.74 Å². The van der Waals surface area contributed by atoms with Gasteiger partial charge in [0.05, 0.1) is 5.02 Å². The van der Waals surface area contributed by atoms with Crippen LogP contribution in [0.15, 0.2) is 36.5 Å². The Kier molecular flexibility index (Phi) is 4.62. The molecule has 2 heterocycles. The van der Waals surface area contributed by atoms with E-state index in [9.17, 15) is 0 Å². The molecule has 0 radical (unpaired) electrons. The van der Waals surface area contributed by atoms with E-state index in [0.717, 1.165) is 22.8 Å². The van der Waals surface area contributed by atoms with E-state index >= 15 is 0 Å². The Bertz CT molecular complexity index is 862. The number of halogens is 1. The van der Waals surface area contributed by atoms with Crippen molar-refractivity contribution in [1.82, 2.24) is 14.6 Å². The largest absolute Gasteiger partial charge is 0.455 e. The Labute approximate surface area is 152 Å². The summed E-state index contributed by atoms with van der Waals surface area (Å²) in [5.41, 5.74) is 1.83. The average Bonchev–Trinajstić information content (AvgIpc) is 2.84. The molecule has 0 spiro atoms. The predicted molar refractivity (Wildman–Crippen MR) is 99.7 cm³/mol. The van der Waals surface area contributed by atoms with Crippen molar-refractivity contribution in [3.63, 3.8) is 0 Å². The van der Waals surface area contributed by atoms with Crippen LogP contribution in [-0.4, -0.2) is 14.6 Å². The van der Waals surface area contributed by atoms with Gasteiger partial charge in [-0.15, -0.1) is 10.2 Å². The number of nitrogens with zero attached hydrogens (tertiary/aromatic N) is 3. The molecule has 0 aliphatic heterocycles. The number of benzene rings is 1. The lowest BCUT2D eigenvalue weighted by Gasteiger charge is -2.13. The molecule has 0 amide bonds. The smallest absolute Gasteiger partial charge is 0.164 e. The first kappa shape index (κ1) is 16.4. The fraction of sp³-hybridized carbons (Fsp3) is 0.400. The number of para-hydroxylation sites is 1. The highest BCUT2D eigenvalue weighted by Gasteiger charge is 2.20. The first-order valence-corrected chi connectivity index (χ1v) is 9.38. The van der Waals surface area contributed by atoms with Gasteiger partial charge >= 0.3 is 0 Å². The lowest BCUT2D eigenvalue weighted by atomic mass is 10.00. The molecule has 5 heteroatoms. The number of hydrogen-bond donors (Lipinski definition) is 0. The van der Waals surface area contributed by atoms with Crippen LogP contribution in [-0.2, 0) is 0 Å². The predicted octanol–water partition coefficient (Wildman–Crippen LogP) is 5.92. The summed E-state index contributed by atoms with van der Waals surface area (Å²) < 4.78 is 8.11. The first-order valence-electron chi connectivity index (χ1n) is 9.00. The van der Waals surface area contributed by atoms with Gasteiger partial charge in [0.1, 0.15) is 17.3 Å². The van der Waals surface area contributed by atoms with Gasteiger partial charge in [0.15, 0.2) is 5.65 Å². The highest BCUT2D eigenvalue weighted by atomic mass is 35.5. The van der Waals surface area contributed by atoms with Crippen molar-refractivity contribution in [2.75, 3.05) is 0 Å². The molecule has 0 bridgehead atoms. The van der Waals surface area contributed by atoms with Crippen LogP contribution in [0.1, 0.15) is 55.8 Å². The number of fused-ring (bicyclic) bond motifs is 1. The number of aromatic nitrogens is 3. The molecule has 0 unspecified atom stereocenters. The number of ether oxygens (including phenoxy) is 1. The van der Waals surface area contributed by atoms with E-state index in [1.807, 2.05) is 43.5 Å². The normalized spacial score (nSPS) is 16.1. The van der Waals surface area contributed by atoms with Crippen LogP contribution >= 0.6 is 11.6 Å². The molecule has 130 valence electrons. The van der Waals surface area contributed by atoms with E-state index in [2.05, 4.69) is 14.6 Å². The van der Waals surface area contributed by atoms with Crippen LogP contribution in [0.3, 0.4) is 0 Å². The van der Waals surface area contributed by atoms with Crippen LogP contribution in [0, 0.1) is 6.92 Å². The summed E-state index contributed by atoms with van der Waals surface area (Å²) in [4.78, 5) is 0. The van der Waals surface area contributed by atoms with Gasteiger partial charge in [0, 0.05) is 18.2 Å². The molecule has 1 fully saturated rings. The third-order valence-corrected chi connectivity index (χ3v) is 5.31. The lowest BCUT2D eigenvalue weighted by Crippen LogP contribution is -2.03. The van der Waals surface area contributed by atoms with Crippen LogP contribution in [0.5, 0.6) is 11.5 Å². The number of pyridine rings is 1. The Morgan fingerprint density at radius 3 is 2.64 bits per heavy atom. The summed E-state index contributed by atoms with van der Waals surface area (Å²) in [5, 5.41) is 9.46. The zero-order valence-electron chi connectivity index (χ0n) is 14.4. The van der Waals surface area contributed by atoms with Gasteiger partial charge in [0.25, 0.3) is 0 Å². The van der Waals surface area contributed by atoms with Gasteiger partial charge < -0.3 is 4.74 Å². The highest BCUT2D eigenvalue weighted by Crippen LogP contribution is 2.34. The minimum atomic E-state index is 0.509. The monoisotopic (exact) mass is 355 g/mol. The number of hydrogen-bond acceptors (Lipinski definition) is 3. The molecule has 2 aromatic heterocycles. The molecule has 1 saturated carbocycles. The fourth-order valence-corrected chi connectivity index (χ4v) is 3.89. The molecule has 1 aliphatic rings. The summed E-state index contributed by atoms with van der Waals surface area (Å²) in [6.45, 7) is 1.99. The van der Waals surface area contributed by atoms with Crippen LogP contribution in [0.2, 0.25) is 5.02 Å². The standard InChI is InChI=1S/C20H22ClN3O/c1-14-7-6-10-17(21)19(14)25-16-11-12-24-18(13-16)22-23-20(24)15-8-4-2-3-5-9-15/h6-7,10-13,15H,2-5,8-9H2,1H3. The first-order chi connectivity index (χ1) is 12.2. The molecular weight excluding hydrogens is 334 g/mol. The van der Waals surface area contributed by atoms with E-state index in [0.29, 0.717) is 16.7 Å². The molecule has 4 nitrogen and oxygen atoms in total. The molecule has 25 heavy (non-hydrogen) atoms. The Morgan fingerprint density at radius 1 is 1.08 bits per heavy atom. The second-order valence-electron chi connectivity index (χ2n) is 6.83. The Morgan fingerprint density at radius 2 is 1.88 bits per heavy atom. The number of aryl methyl sites for hydroxylation is 1. The van der Waals surface area contributed by atoms with Gasteiger partial charge in [-0.3, -0.25) is 4.40 Å². The topological polar surface area (TPSA) is 39.4 Å². The Balaban J connectivity index is 1.63. The van der Waals surface area contributed by atoms with Crippen LogP contribution < -0.4 is 4.74 Å². The maximum atomic E-state index is 6.26. The van der Waals surface area contributed by atoms with E-state index in [-0.39, 0.29) is 0 Å². The SMILES string of the molecule is Cc1cccc(Cl)c1Oc1ccn2c(C3CCCCCC3)nnc2c1. The van der Waals surface area contributed by atoms with E-state index in [1.54, 1.807) is 0 Å². The summed E-state index contributed by atoms with van der Waals surface area (Å²) in [5.74, 6) is 3.01. The third-order valence-electron chi connectivity index (χ3n) is 5.01. The average molecular weight is 356 g/mol. The molecule has 0 atom stereocenters. The maximum absolute atomic E-state index is 6.26. The lowest BCUT2D eigenvalue weighted by molar-refractivity contribution is 0.478. The minimum Gasteiger partial charge on any atom is -0.455 e. The zero-order chi connectivity index (χ0) is 17.2. The van der Waals surface area contributed by atoms with E-state index in [1.165, 1.54) is 38.5 Å². The van der Waals surface area contributed by atoms with Gasteiger partial charge in [-0.05, 0) is 37.5 Å². The molecule has 3 aromatic rings. The molecule has 4 rings (SSSR count). The minimum absolute atomic E-state index is 0.509. The van der Waals surface area contributed by atoms with Crippen molar-refractivity contribution in [1.29, 1.82) is 0 Å². The molecule has 0 saturated heterocycles. The maximum Gasteiger partial charge on any atom is 0.164 e. The van der Waals surface area contributed by atoms with Crippen molar-refractivity contribution in [2.24, 2.45) is 0 Å². The van der Waals surface area contributed by atoms with Gasteiger partial charge in [-0.1, -0.05) is 49.4 Å². The molecule has 1 aliphatic carbocycles. The second-order valence-corrected chi connectivity index (χ2v) is 7.23. The molecular formula is C20H22ClN3O. The zero-order valence-corrected chi connectivity index (χ0v) is 15.2. The van der Waals surface area contributed by atoms with Crippen LogP contribution in [0.25, 0.3) is 5.65 Å². The quantitative estimate of drug-likeness (QED) is 0.547. The van der Waals surface area contributed by atoms with Gasteiger partial charge in [-0.2, -0.15) is 0 Å². The van der Waals surface area contributed by atoms with Crippen molar-refractivity contribution in [2.45, 2.75) is 51.4 Å². The van der Waals surface area contributed by atoms with Crippen molar-refractivity contribution in [3.05, 3.63) is 52.9 Å². The summed E-state index contributed by atoms with van der Waals surface area (Å²) in [6.07, 6.45) is 9.66. The third kappa shape index (κ3) is 3.36. The second kappa shape index (κ2) is 7.04. The summed E-state index contributed by atoms with van der Waals surface area (Å²) in [7, 11) is 0. The van der Waals surface area contributed by atoms with E-state index in [4.69, 9.17) is 16.3 Å². The number of rotatable bonds is 3. The summed E-state index contributed by atoms with van der Waals surface area (Å²) in [6, 6.07) is 9.63. The van der Waals surface area contributed by atoms with Gasteiger partial charge in [0.2, 0.25) is 0 Å². The fourth-order valence-electron chi connectivity index (χ4n) is 3.63. The summed E-state index contributed by atoms with van der Waals surface area (Å²) >= 11 is 6.26. The van der Waals surface area contributed by atoms with Crippen molar-refractivity contribution in [3.8, 4) is 11.5 Å². The molecule has 1 aromatic carbocycles. The van der Waals surface area contributed by atoms with E-state index < -0.39 is 0 Å². The van der Waals surface area contributed by atoms with Crippen LogP contribution in [0.4, 0.5) is 0 Å². The van der Waals surface area contributed by atoms with Gasteiger partial charge in [-0.25, -0.2) is 0 Å². The molecule has 0 N–H and O–H groups in total. The van der Waals surface area contributed by atoms with Crippen molar-refractivity contribution >= 4 is 17.2 Å². The Hall–Kier alpha value is -2.07. The highest BCUT2D eigenvalue weighted by molar-refractivity contribution is 6.32.